The quantitative estimate of drug-likeness (QED) is 0.592. The molecule has 0 bridgehead atoms. The fourth-order valence-electron chi connectivity index (χ4n) is 3.71. The average molecular weight is 467 g/mol. The van der Waals surface area contributed by atoms with Gasteiger partial charge in [-0.25, -0.2) is 4.79 Å². The molecule has 1 fully saturated rings. The second-order valence-corrected chi connectivity index (χ2v) is 8.10. The van der Waals surface area contributed by atoms with Crippen LogP contribution in [0.3, 0.4) is 0 Å². The number of likely N-dealkylation sites (tertiary alicyclic amines) is 1. The van der Waals surface area contributed by atoms with Gasteiger partial charge in [0, 0.05) is 54.4 Å². The number of benzene rings is 2. The number of hydrogen-bond acceptors (Lipinski definition) is 4. The molecule has 1 aliphatic heterocycles. The van der Waals surface area contributed by atoms with Gasteiger partial charge in [0.2, 0.25) is 5.91 Å². The zero-order chi connectivity index (χ0) is 23.4. The molecule has 33 heavy (non-hydrogen) atoms. The van der Waals surface area contributed by atoms with Gasteiger partial charge in [-0.2, -0.15) is 0 Å². The minimum absolute atomic E-state index is 0.165. The van der Waals surface area contributed by atoms with Crippen molar-refractivity contribution in [3.8, 4) is 0 Å². The molecule has 2 heterocycles. The van der Waals surface area contributed by atoms with Crippen molar-refractivity contribution in [2.75, 3.05) is 24.3 Å². The highest BCUT2D eigenvalue weighted by Gasteiger charge is 2.40. The van der Waals surface area contributed by atoms with Gasteiger partial charge in [-0.15, -0.1) is 0 Å². The van der Waals surface area contributed by atoms with E-state index in [1.54, 1.807) is 80.2 Å². The lowest BCUT2D eigenvalue weighted by Gasteiger charge is -2.24. The van der Waals surface area contributed by atoms with E-state index in [2.05, 4.69) is 10.6 Å². The predicted octanol–water partition coefficient (Wildman–Crippen LogP) is 4.09. The molecular formula is C24H23ClN4O4. The number of carbonyl (C=O) groups excluding carboxylic acids is 3. The Hall–Kier alpha value is -3.62. The van der Waals surface area contributed by atoms with Crippen molar-refractivity contribution in [3.63, 3.8) is 0 Å². The standard InChI is InChI=1S/C24H23ClN4O4/c1-33-20-14-21(29(15-20)24(32)27-19-10-6-17(25)7-11-19)22(30)26-18-8-4-16(5-9-18)23(31)28-12-2-3-13-28/h2-13,20-21H,14-15H2,1H3,(H,26,30)(H,27,32)/t20-,21-/m1/s1. The summed E-state index contributed by atoms with van der Waals surface area (Å²) >= 11 is 5.90. The van der Waals surface area contributed by atoms with E-state index in [9.17, 15) is 14.4 Å². The minimum atomic E-state index is -0.705. The summed E-state index contributed by atoms with van der Waals surface area (Å²) in [6.45, 7) is 0.290. The molecule has 0 unspecified atom stereocenters. The molecule has 170 valence electrons. The number of ether oxygens (including phenoxy) is 1. The van der Waals surface area contributed by atoms with Crippen LogP contribution in [0.2, 0.25) is 5.02 Å². The van der Waals surface area contributed by atoms with Crippen molar-refractivity contribution in [1.82, 2.24) is 9.47 Å². The summed E-state index contributed by atoms with van der Waals surface area (Å²) in [4.78, 5) is 39.8. The number of nitrogens with zero attached hydrogens (tertiary/aromatic N) is 2. The molecule has 3 aromatic rings. The van der Waals surface area contributed by atoms with E-state index in [-0.39, 0.29) is 24.5 Å². The minimum Gasteiger partial charge on any atom is -0.380 e. The van der Waals surface area contributed by atoms with Crippen LogP contribution >= 0.6 is 11.6 Å². The number of rotatable bonds is 5. The average Bonchev–Trinajstić information content (AvgIpc) is 3.51. The van der Waals surface area contributed by atoms with Crippen LogP contribution in [0.25, 0.3) is 0 Å². The second-order valence-electron chi connectivity index (χ2n) is 7.66. The molecular weight excluding hydrogens is 444 g/mol. The number of carbonyl (C=O) groups is 3. The number of hydrogen-bond donors (Lipinski definition) is 2. The third kappa shape index (κ3) is 5.24. The normalized spacial score (nSPS) is 17.6. The third-order valence-electron chi connectivity index (χ3n) is 5.49. The van der Waals surface area contributed by atoms with Gasteiger partial charge in [-0.05, 0) is 60.7 Å². The third-order valence-corrected chi connectivity index (χ3v) is 5.75. The van der Waals surface area contributed by atoms with Gasteiger partial charge in [0.25, 0.3) is 5.91 Å². The highest BCUT2D eigenvalue weighted by atomic mass is 35.5. The van der Waals surface area contributed by atoms with Crippen LogP contribution in [-0.4, -0.2) is 53.1 Å². The van der Waals surface area contributed by atoms with Crippen LogP contribution < -0.4 is 10.6 Å². The highest BCUT2D eigenvalue weighted by Crippen LogP contribution is 2.24. The van der Waals surface area contributed by atoms with Crippen LogP contribution in [-0.2, 0) is 9.53 Å². The first-order valence-corrected chi connectivity index (χ1v) is 10.8. The number of methoxy groups -OCH3 is 1. The van der Waals surface area contributed by atoms with Gasteiger partial charge in [0.05, 0.1) is 6.10 Å². The van der Waals surface area contributed by atoms with Crippen LogP contribution in [0.4, 0.5) is 16.2 Å². The summed E-state index contributed by atoms with van der Waals surface area (Å²) in [6.07, 6.45) is 3.47. The molecule has 0 aliphatic carbocycles. The van der Waals surface area contributed by atoms with Gasteiger partial charge in [0.1, 0.15) is 6.04 Å². The van der Waals surface area contributed by atoms with E-state index < -0.39 is 12.1 Å². The van der Waals surface area contributed by atoms with E-state index >= 15 is 0 Å². The summed E-state index contributed by atoms with van der Waals surface area (Å²) in [7, 11) is 1.56. The Morgan fingerprint density at radius 3 is 2.18 bits per heavy atom. The first-order valence-electron chi connectivity index (χ1n) is 10.4. The molecule has 2 N–H and O–H groups in total. The lowest BCUT2D eigenvalue weighted by Crippen LogP contribution is -2.45. The first kappa shape index (κ1) is 22.6. The molecule has 3 amide bonds. The van der Waals surface area contributed by atoms with Gasteiger partial charge < -0.3 is 20.3 Å². The zero-order valence-corrected chi connectivity index (χ0v) is 18.7. The van der Waals surface area contributed by atoms with Crippen LogP contribution in [0.1, 0.15) is 16.8 Å². The van der Waals surface area contributed by atoms with Crippen molar-refractivity contribution < 1.29 is 19.1 Å². The Kier molecular flexibility index (Phi) is 6.76. The maximum absolute atomic E-state index is 13.0. The molecule has 2 aromatic carbocycles. The largest absolute Gasteiger partial charge is 0.380 e. The molecule has 0 radical (unpaired) electrons. The highest BCUT2D eigenvalue weighted by molar-refractivity contribution is 6.30. The molecule has 8 nitrogen and oxygen atoms in total. The molecule has 0 spiro atoms. The van der Waals surface area contributed by atoms with Gasteiger partial charge >= 0.3 is 6.03 Å². The summed E-state index contributed by atoms with van der Waals surface area (Å²) < 4.78 is 6.89. The van der Waals surface area contributed by atoms with E-state index in [0.29, 0.717) is 28.4 Å². The number of nitrogens with one attached hydrogen (secondary N) is 2. The number of anilines is 2. The zero-order valence-electron chi connectivity index (χ0n) is 17.9. The number of urea groups is 1. The Labute approximate surface area is 196 Å². The molecule has 2 atom stereocenters. The van der Waals surface area contributed by atoms with Crippen LogP contribution in [0, 0.1) is 0 Å². The van der Waals surface area contributed by atoms with Crippen molar-refractivity contribution in [1.29, 1.82) is 0 Å². The first-order chi connectivity index (χ1) is 15.9. The van der Waals surface area contributed by atoms with E-state index in [4.69, 9.17) is 16.3 Å². The fraction of sp³-hybridized carbons (Fsp3) is 0.208. The summed E-state index contributed by atoms with van der Waals surface area (Å²) in [6, 6.07) is 15.8. The fourth-order valence-corrected chi connectivity index (χ4v) is 3.84. The Bertz CT molecular complexity index is 1130. The summed E-state index contributed by atoms with van der Waals surface area (Å²) in [5.41, 5.74) is 1.60. The topological polar surface area (TPSA) is 92.7 Å². The SMILES string of the molecule is CO[C@@H]1C[C@H](C(=O)Nc2ccc(C(=O)n3cccc3)cc2)N(C(=O)Nc2ccc(Cl)cc2)C1. The lowest BCUT2D eigenvalue weighted by molar-refractivity contribution is -0.119. The Morgan fingerprint density at radius 2 is 1.55 bits per heavy atom. The molecule has 1 aliphatic rings. The number of amides is 3. The summed E-state index contributed by atoms with van der Waals surface area (Å²) in [5, 5.41) is 6.19. The number of aromatic nitrogens is 1. The molecule has 1 saturated heterocycles. The maximum atomic E-state index is 13.0. The summed E-state index contributed by atoms with van der Waals surface area (Å²) in [5.74, 6) is -0.494. The monoisotopic (exact) mass is 466 g/mol. The van der Waals surface area contributed by atoms with E-state index in [0.717, 1.165) is 0 Å². The van der Waals surface area contributed by atoms with E-state index in [1.165, 1.54) is 9.47 Å². The second kappa shape index (κ2) is 9.89. The van der Waals surface area contributed by atoms with Crippen LogP contribution in [0.5, 0.6) is 0 Å². The molecule has 9 heteroatoms. The van der Waals surface area contributed by atoms with Crippen LogP contribution in [0.15, 0.2) is 73.1 Å². The number of halogens is 1. The van der Waals surface area contributed by atoms with Crippen molar-refractivity contribution in [2.24, 2.45) is 0 Å². The van der Waals surface area contributed by atoms with Crippen molar-refractivity contribution in [2.45, 2.75) is 18.6 Å². The molecule has 0 saturated carbocycles. The molecule has 1 aromatic heterocycles. The van der Waals surface area contributed by atoms with Gasteiger partial charge in [-0.3, -0.25) is 14.2 Å². The lowest BCUT2D eigenvalue weighted by atomic mass is 10.1. The van der Waals surface area contributed by atoms with Gasteiger partial charge in [0.15, 0.2) is 0 Å². The van der Waals surface area contributed by atoms with Gasteiger partial charge in [-0.1, -0.05) is 11.6 Å². The predicted molar refractivity (Wildman–Crippen MR) is 126 cm³/mol. The maximum Gasteiger partial charge on any atom is 0.322 e. The Balaban J connectivity index is 1.43. The van der Waals surface area contributed by atoms with Crippen molar-refractivity contribution in [3.05, 3.63) is 83.6 Å². The Morgan fingerprint density at radius 1 is 0.939 bits per heavy atom. The molecule has 4 rings (SSSR count). The smallest absolute Gasteiger partial charge is 0.322 e. The van der Waals surface area contributed by atoms with E-state index in [1.807, 2.05) is 0 Å². The van der Waals surface area contributed by atoms with Crippen molar-refractivity contribution >= 4 is 40.8 Å².